The van der Waals surface area contributed by atoms with Crippen LogP contribution in [-0.2, 0) is 9.59 Å². The van der Waals surface area contributed by atoms with Gasteiger partial charge in [0.2, 0.25) is 11.8 Å². The zero-order chi connectivity index (χ0) is 17.6. The van der Waals surface area contributed by atoms with Gasteiger partial charge in [0, 0.05) is 23.8 Å². The molecule has 3 rings (SSSR count). The molecule has 1 aromatic carbocycles. The minimum atomic E-state index is -0.564. The molecule has 1 N–H and O–H groups in total. The number of rotatable bonds is 6. The summed E-state index contributed by atoms with van der Waals surface area (Å²) in [5.41, 5.74) is 0.801. The molecule has 2 aliphatic heterocycles. The van der Waals surface area contributed by atoms with Gasteiger partial charge in [-0.25, -0.2) is 0 Å². The molecule has 0 unspecified atom stereocenters. The number of hydrogen-bond acceptors (Lipinski definition) is 3. The number of benzene rings is 1. The van der Waals surface area contributed by atoms with E-state index in [4.69, 9.17) is 11.6 Å². The molecule has 2 fully saturated rings. The molecule has 2 aliphatic rings. The molecule has 25 heavy (non-hydrogen) atoms. The molecule has 136 valence electrons. The maximum atomic E-state index is 12.5. The number of nitrogens with one attached hydrogen (secondary N) is 1. The molecular formula is C19H26ClN3O2. The zero-order valence-electron chi connectivity index (χ0n) is 14.5. The normalized spacial score (nSPS) is 21.6. The third kappa shape index (κ3) is 4.73. The SMILES string of the molecule is O=C(NCCCN1CCCCC1)[C@@H]1CCN(c2ccc(Cl)cc2)C1=O. The van der Waals surface area contributed by atoms with Crippen LogP contribution < -0.4 is 10.2 Å². The largest absolute Gasteiger partial charge is 0.355 e. The molecule has 2 amide bonds. The third-order valence-corrected chi connectivity index (χ3v) is 5.31. The van der Waals surface area contributed by atoms with Crippen LogP contribution in [0.3, 0.4) is 0 Å². The van der Waals surface area contributed by atoms with Gasteiger partial charge >= 0.3 is 0 Å². The Morgan fingerprint density at radius 1 is 1.12 bits per heavy atom. The second-order valence-corrected chi connectivity index (χ2v) is 7.29. The molecule has 1 aromatic rings. The molecule has 6 heteroatoms. The standard InChI is InChI=1S/C19H26ClN3O2/c20-15-5-7-16(8-6-15)23-14-9-17(19(23)25)18(24)21-10-4-13-22-11-2-1-3-12-22/h5-8,17H,1-4,9-14H2,(H,21,24)/t17-/m0/s1. The van der Waals surface area contributed by atoms with Crippen LogP contribution in [0.5, 0.6) is 0 Å². The molecule has 0 radical (unpaired) electrons. The van der Waals surface area contributed by atoms with Gasteiger partial charge in [0.25, 0.3) is 0 Å². The van der Waals surface area contributed by atoms with E-state index in [1.807, 2.05) is 12.1 Å². The first-order valence-electron chi connectivity index (χ1n) is 9.22. The lowest BCUT2D eigenvalue weighted by Crippen LogP contribution is -2.38. The van der Waals surface area contributed by atoms with Crippen molar-refractivity contribution in [2.45, 2.75) is 32.1 Å². The second-order valence-electron chi connectivity index (χ2n) is 6.85. The number of hydrogen-bond donors (Lipinski definition) is 1. The van der Waals surface area contributed by atoms with Crippen molar-refractivity contribution >= 4 is 29.1 Å². The van der Waals surface area contributed by atoms with Gasteiger partial charge < -0.3 is 15.1 Å². The molecule has 0 aromatic heterocycles. The van der Waals surface area contributed by atoms with E-state index in [1.54, 1.807) is 17.0 Å². The summed E-state index contributed by atoms with van der Waals surface area (Å²) in [5, 5.41) is 3.58. The van der Waals surface area contributed by atoms with Crippen LogP contribution in [0.1, 0.15) is 32.1 Å². The Morgan fingerprint density at radius 2 is 1.84 bits per heavy atom. The lowest BCUT2D eigenvalue weighted by molar-refractivity contribution is -0.132. The first-order valence-corrected chi connectivity index (χ1v) is 9.60. The lowest BCUT2D eigenvalue weighted by Gasteiger charge is -2.26. The molecule has 0 saturated carbocycles. The Morgan fingerprint density at radius 3 is 2.56 bits per heavy atom. The molecule has 1 atom stereocenters. The van der Waals surface area contributed by atoms with E-state index in [-0.39, 0.29) is 11.8 Å². The molecule has 5 nitrogen and oxygen atoms in total. The van der Waals surface area contributed by atoms with Crippen molar-refractivity contribution < 1.29 is 9.59 Å². The highest BCUT2D eigenvalue weighted by Gasteiger charge is 2.37. The second kappa shape index (κ2) is 8.68. The van der Waals surface area contributed by atoms with Crippen LogP contribution in [0.2, 0.25) is 5.02 Å². The van der Waals surface area contributed by atoms with E-state index in [1.165, 1.54) is 32.4 Å². The molecular weight excluding hydrogens is 338 g/mol. The van der Waals surface area contributed by atoms with Gasteiger partial charge in [-0.05, 0) is 69.6 Å². The summed E-state index contributed by atoms with van der Waals surface area (Å²) in [6.45, 7) is 4.58. The van der Waals surface area contributed by atoms with Gasteiger partial charge in [-0.2, -0.15) is 0 Å². The van der Waals surface area contributed by atoms with Gasteiger partial charge in [-0.1, -0.05) is 18.0 Å². The Hall–Kier alpha value is -1.59. The lowest BCUT2D eigenvalue weighted by atomic mass is 10.1. The number of carbonyl (C=O) groups excluding carboxylic acids is 2. The van der Waals surface area contributed by atoms with Crippen LogP contribution in [0.15, 0.2) is 24.3 Å². The number of carbonyl (C=O) groups is 2. The van der Waals surface area contributed by atoms with Crippen molar-refractivity contribution in [2.24, 2.45) is 5.92 Å². The molecule has 0 bridgehead atoms. The predicted molar refractivity (Wildman–Crippen MR) is 99.8 cm³/mol. The van der Waals surface area contributed by atoms with Crippen molar-refractivity contribution in [3.05, 3.63) is 29.3 Å². The monoisotopic (exact) mass is 363 g/mol. The van der Waals surface area contributed by atoms with Gasteiger partial charge in [-0.3, -0.25) is 9.59 Å². The van der Waals surface area contributed by atoms with Gasteiger partial charge in [0.05, 0.1) is 0 Å². The van der Waals surface area contributed by atoms with Crippen LogP contribution in [0.4, 0.5) is 5.69 Å². The minimum absolute atomic E-state index is 0.115. The van der Waals surface area contributed by atoms with E-state index in [2.05, 4.69) is 10.2 Å². The number of piperidine rings is 1. The van der Waals surface area contributed by atoms with Crippen LogP contribution in [0.25, 0.3) is 0 Å². The van der Waals surface area contributed by atoms with E-state index in [0.717, 1.165) is 18.7 Å². The summed E-state index contributed by atoms with van der Waals surface area (Å²) < 4.78 is 0. The van der Waals surface area contributed by atoms with Crippen molar-refractivity contribution in [3.8, 4) is 0 Å². The summed E-state index contributed by atoms with van der Waals surface area (Å²) in [6, 6.07) is 7.16. The summed E-state index contributed by atoms with van der Waals surface area (Å²) in [7, 11) is 0. The fourth-order valence-electron chi connectivity index (χ4n) is 3.62. The maximum Gasteiger partial charge on any atom is 0.239 e. The Labute approximate surface area is 154 Å². The molecule has 0 spiro atoms. The maximum absolute atomic E-state index is 12.5. The van der Waals surface area contributed by atoms with E-state index in [9.17, 15) is 9.59 Å². The van der Waals surface area contributed by atoms with Crippen molar-refractivity contribution in [2.75, 3.05) is 37.6 Å². The summed E-state index contributed by atoms with van der Waals surface area (Å²) in [5.74, 6) is -0.818. The average Bonchev–Trinajstić information content (AvgIpc) is 3.02. The van der Waals surface area contributed by atoms with Crippen molar-refractivity contribution in [3.63, 3.8) is 0 Å². The predicted octanol–water partition coefficient (Wildman–Crippen LogP) is 2.69. The first-order chi connectivity index (χ1) is 12.1. The highest BCUT2D eigenvalue weighted by atomic mass is 35.5. The summed E-state index contributed by atoms with van der Waals surface area (Å²) >= 11 is 5.89. The summed E-state index contributed by atoms with van der Waals surface area (Å²) in [4.78, 5) is 29.0. The average molecular weight is 364 g/mol. The zero-order valence-corrected chi connectivity index (χ0v) is 15.3. The Bertz CT molecular complexity index is 599. The number of anilines is 1. The van der Waals surface area contributed by atoms with Crippen molar-refractivity contribution in [1.29, 1.82) is 0 Å². The van der Waals surface area contributed by atoms with Crippen LogP contribution in [0, 0.1) is 5.92 Å². The van der Waals surface area contributed by atoms with Crippen molar-refractivity contribution in [1.82, 2.24) is 10.2 Å². The quantitative estimate of drug-likeness (QED) is 0.624. The molecule has 0 aliphatic carbocycles. The Balaban J connectivity index is 1.43. The number of nitrogens with zero attached hydrogens (tertiary/aromatic N) is 2. The fourth-order valence-corrected chi connectivity index (χ4v) is 3.75. The van der Waals surface area contributed by atoms with Gasteiger partial charge in [0.15, 0.2) is 0 Å². The van der Waals surface area contributed by atoms with E-state index < -0.39 is 5.92 Å². The topological polar surface area (TPSA) is 52.7 Å². The van der Waals surface area contributed by atoms with Gasteiger partial charge in [-0.15, -0.1) is 0 Å². The third-order valence-electron chi connectivity index (χ3n) is 5.06. The van der Waals surface area contributed by atoms with Crippen LogP contribution in [-0.4, -0.2) is 49.4 Å². The Kier molecular flexibility index (Phi) is 6.32. The fraction of sp³-hybridized carbons (Fsp3) is 0.579. The smallest absolute Gasteiger partial charge is 0.239 e. The van der Waals surface area contributed by atoms with Gasteiger partial charge in [0.1, 0.15) is 5.92 Å². The number of likely N-dealkylation sites (tertiary alicyclic amines) is 1. The highest BCUT2D eigenvalue weighted by molar-refractivity contribution is 6.30. The molecule has 2 heterocycles. The first kappa shape index (κ1) is 18.2. The number of amides is 2. The van der Waals surface area contributed by atoms with E-state index >= 15 is 0 Å². The number of halogens is 1. The van der Waals surface area contributed by atoms with E-state index in [0.29, 0.717) is 24.5 Å². The summed E-state index contributed by atoms with van der Waals surface area (Å²) in [6.07, 6.45) is 5.40. The van der Waals surface area contributed by atoms with Crippen LogP contribution >= 0.6 is 11.6 Å². The highest BCUT2D eigenvalue weighted by Crippen LogP contribution is 2.26. The molecule has 2 saturated heterocycles. The minimum Gasteiger partial charge on any atom is -0.355 e.